The molecule has 0 aromatic heterocycles. The van der Waals surface area contributed by atoms with Gasteiger partial charge in [-0.2, -0.15) is 0 Å². The van der Waals surface area contributed by atoms with E-state index in [1.807, 2.05) is 30.3 Å². The third-order valence-electron chi connectivity index (χ3n) is 8.36. The van der Waals surface area contributed by atoms with E-state index in [9.17, 15) is 18.0 Å². The van der Waals surface area contributed by atoms with Crippen LogP contribution in [0.3, 0.4) is 0 Å². The molecule has 0 radical (unpaired) electrons. The zero-order chi connectivity index (χ0) is 19.4. The van der Waals surface area contributed by atoms with Gasteiger partial charge in [-0.3, -0.25) is 9.69 Å². The Kier molecular flexibility index (Phi) is 3.14. The molecule has 148 valence electrons. The van der Waals surface area contributed by atoms with Gasteiger partial charge in [0.15, 0.2) is 9.84 Å². The summed E-state index contributed by atoms with van der Waals surface area (Å²) < 4.78 is 28.2. The number of hydrogen-bond donors (Lipinski definition) is 0. The number of amides is 1. The number of nitrogens with zero attached hydrogens (tertiary/aromatic N) is 1. The van der Waals surface area contributed by atoms with Crippen LogP contribution in [0.4, 0.5) is 4.79 Å². The second kappa shape index (κ2) is 5.17. The lowest BCUT2D eigenvalue weighted by atomic mass is 9.35. The smallest absolute Gasteiger partial charge is 0.410 e. The summed E-state index contributed by atoms with van der Waals surface area (Å²) in [5.74, 6) is 2.64. The van der Waals surface area contributed by atoms with Gasteiger partial charge in [0.2, 0.25) is 0 Å². The fourth-order valence-corrected chi connectivity index (χ4v) is 8.31. The number of carbonyl (C=O) groups is 2. The molecule has 7 rings (SSSR count). The maximum absolute atomic E-state index is 13.1. The van der Waals surface area contributed by atoms with Crippen LogP contribution in [0, 0.1) is 41.4 Å². The first kappa shape index (κ1) is 17.0. The Labute approximate surface area is 164 Å². The molecule has 28 heavy (non-hydrogen) atoms. The fraction of sp³-hybridized carbons (Fsp3) is 0.619. The predicted octanol–water partition coefficient (Wildman–Crippen LogP) is 1.75. The number of sulfone groups is 1. The largest absolute Gasteiger partial charge is 0.448 e. The van der Waals surface area contributed by atoms with Gasteiger partial charge in [0.25, 0.3) is 0 Å². The maximum Gasteiger partial charge on any atom is 0.410 e. The molecule has 6 nitrogen and oxygen atoms in total. The standard InChI is InChI=1S/C21H23NO5S/c1-28(25,26)8-7-27-20(24)22(10-11-5-3-2-4-6-11)21-16-13-9-12-14(16)18(21)19(23)15(12)17(13)21/h2-6,12-18H,7-10H2,1H3/t12-,13-,14+,15-,16-,17+,18-,21-/m1/s1. The van der Waals surface area contributed by atoms with Crippen molar-refractivity contribution in [3.63, 3.8) is 0 Å². The van der Waals surface area contributed by atoms with Gasteiger partial charge < -0.3 is 4.74 Å². The Bertz CT molecular complexity index is 991. The lowest BCUT2D eigenvalue weighted by molar-refractivity contribution is -0.260. The first-order valence-electron chi connectivity index (χ1n) is 10.1. The lowest BCUT2D eigenvalue weighted by Gasteiger charge is -2.74. The van der Waals surface area contributed by atoms with Crippen molar-refractivity contribution in [3.05, 3.63) is 35.9 Å². The van der Waals surface area contributed by atoms with Gasteiger partial charge in [0, 0.05) is 24.6 Å². The molecule has 7 heteroatoms. The molecule has 0 aliphatic heterocycles. The summed E-state index contributed by atoms with van der Waals surface area (Å²) in [6, 6.07) is 9.76. The third kappa shape index (κ3) is 1.78. The topological polar surface area (TPSA) is 80.8 Å². The van der Waals surface area contributed by atoms with E-state index in [1.54, 1.807) is 4.90 Å². The monoisotopic (exact) mass is 401 g/mol. The molecule has 1 aromatic carbocycles. The average molecular weight is 401 g/mol. The van der Waals surface area contributed by atoms with Crippen LogP contribution < -0.4 is 0 Å². The summed E-state index contributed by atoms with van der Waals surface area (Å²) in [6.07, 6.45) is 1.81. The van der Waals surface area contributed by atoms with Crippen LogP contribution in [0.15, 0.2) is 30.3 Å². The van der Waals surface area contributed by atoms with E-state index in [0.29, 0.717) is 36.0 Å². The van der Waals surface area contributed by atoms with Gasteiger partial charge in [-0.25, -0.2) is 13.2 Å². The van der Waals surface area contributed by atoms with Gasteiger partial charge in [0.1, 0.15) is 12.4 Å². The van der Waals surface area contributed by atoms with E-state index in [4.69, 9.17) is 4.74 Å². The molecule has 4 bridgehead atoms. The maximum atomic E-state index is 13.1. The van der Waals surface area contributed by atoms with Gasteiger partial charge >= 0.3 is 6.09 Å². The van der Waals surface area contributed by atoms with E-state index in [1.165, 1.54) is 0 Å². The minimum atomic E-state index is -3.20. The molecule has 1 amide bonds. The zero-order valence-corrected chi connectivity index (χ0v) is 16.5. The summed E-state index contributed by atoms with van der Waals surface area (Å²) in [5, 5.41) is 0. The minimum Gasteiger partial charge on any atom is -0.448 e. The van der Waals surface area contributed by atoms with Gasteiger partial charge in [-0.05, 0) is 41.6 Å². The van der Waals surface area contributed by atoms with E-state index >= 15 is 0 Å². The van der Waals surface area contributed by atoms with Gasteiger partial charge in [-0.1, -0.05) is 30.3 Å². The molecule has 6 saturated carbocycles. The average Bonchev–Trinajstić information content (AvgIpc) is 3.15. The first-order valence-corrected chi connectivity index (χ1v) is 12.1. The number of ketones is 1. The van der Waals surface area contributed by atoms with E-state index < -0.39 is 15.9 Å². The zero-order valence-electron chi connectivity index (χ0n) is 15.7. The predicted molar refractivity (Wildman–Crippen MR) is 99.8 cm³/mol. The molecular formula is C21H23NO5S. The molecule has 1 aromatic rings. The number of ether oxygens (including phenoxy) is 1. The van der Waals surface area contributed by atoms with Crippen LogP contribution in [-0.2, 0) is 25.9 Å². The molecule has 0 saturated heterocycles. The van der Waals surface area contributed by atoms with Crippen LogP contribution >= 0.6 is 0 Å². The van der Waals surface area contributed by atoms with Crippen LogP contribution in [0.25, 0.3) is 0 Å². The van der Waals surface area contributed by atoms with Crippen molar-refractivity contribution in [1.29, 1.82) is 0 Å². The van der Waals surface area contributed by atoms with Crippen molar-refractivity contribution in [3.8, 4) is 0 Å². The molecule has 0 spiro atoms. The Morgan fingerprint density at radius 1 is 1.21 bits per heavy atom. The number of carbonyl (C=O) groups excluding carboxylic acids is 2. The van der Waals surface area contributed by atoms with Crippen molar-refractivity contribution >= 4 is 21.7 Å². The molecule has 0 unspecified atom stereocenters. The third-order valence-corrected chi connectivity index (χ3v) is 9.27. The Hall–Kier alpha value is -1.89. The highest BCUT2D eigenvalue weighted by Gasteiger charge is 2.95. The van der Waals surface area contributed by atoms with E-state index in [0.717, 1.165) is 18.2 Å². The van der Waals surface area contributed by atoms with Crippen LogP contribution in [0.1, 0.15) is 12.0 Å². The number of benzene rings is 1. The van der Waals surface area contributed by atoms with Crippen molar-refractivity contribution in [2.45, 2.75) is 18.5 Å². The summed E-state index contributed by atoms with van der Waals surface area (Å²) in [6.45, 7) is 0.262. The Balaban J connectivity index is 1.31. The van der Waals surface area contributed by atoms with Crippen molar-refractivity contribution in [2.24, 2.45) is 41.4 Å². The lowest BCUT2D eigenvalue weighted by Crippen LogP contribution is -2.82. The number of rotatable bonds is 6. The minimum absolute atomic E-state index is 0.0255. The Morgan fingerprint density at radius 2 is 1.96 bits per heavy atom. The molecule has 0 heterocycles. The summed E-state index contributed by atoms with van der Waals surface area (Å²) in [5.41, 5.74) is 0.629. The molecule has 6 aliphatic rings. The van der Waals surface area contributed by atoms with Crippen LogP contribution in [0.5, 0.6) is 0 Å². The quantitative estimate of drug-likeness (QED) is 0.725. The van der Waals surface area contributed by atoms with E-state index in [2.05, 4.69) is 0 Å². The molecule has 0 N–H and O–H groups in total. The normalized spacial score (nSPS) is 43.0. The summed E-state index contributed by atoms with van der Waals surface area (Å²) in [7, 11) is -3.20. The second-order valence-electron chi connectivity index (χ2n) is 9.30. The molecule has 6 fully saturated rings. The summed E-state index contributed by atoms with van der Waals surface area (Å²) >= 11 is 0. The summed E-state index contributed by atoms with van der Waals surface area (Å²) in [4.78, 5) is 27.9. The second-order valence-corrected chi connectivity index (χ2v) is 11.6. The highest BCUT2D eigenvalue weighted by atomic mass is 32.2. The number of Topliss-reactive ketones (excluding diaryl/α,β-unsaturated/α-hetero) is 1. The van der Waals surface area contributed by atoms with Crippen molar-refractivity contribution in [1.82, 2.24) is 4.90 Å². The highest BCUT2D eigenvalue weighted by Crippen LogP contribution is 2.90. The highest BCUT2D eigenvalue weighted by molar-refractivity contribution is 7.90. The Morgan fingerprint density at radius 3 is 2.64 bits per heavy atom. The number of hydrogen-bond acceptors (Lipinski definition) is 5. The van der Waals surface area contributed by atoms with Crippen molar-refractivity contribution in [2.75, 3.05) is 18.6 Å². The van der Waals surface area contributed by atoms with Crippen LogP contribution in [0.2, 0.25) is 0 Å². The van der Waals surface area contributed by atoms with Crippen molar-refractivity contribution < 1.29 is 22.7 Å². The molecule has 6 aliphatic carbocycles. The molecular weight excluding hydrogens is 378 g/mol. The SMILES string of the molecule is CS(=O)(=O)CCOC(=O)N(Cc1ccccc1)[C@@]12[C@@H]3[C@H]4C[C@H]5[C@@H](C(=O)[C@H]1[C@@H]53)[C@H]42. The van der Waals surface area contributed by atoms with E-state index in [-0.39, 0.29) is 35.7 Å². The van der Waals surface area contributed by atoms with Gasteiger partial charge in [-0.15, -0.1) is 0 Å². The molecule has 8 atom stereocenters. The first-order chi connectivity index (χ1) is 13.4. The van der Waals surface area contributed by atoms with Crippen LogP contribution in [-0.4, -0.2) is 49.3 Å². The fourth-order valence-electron chi connectivity index (χ4n) is 7.93. The van der Waals surface area contributed by atoms with Gasteiger partial charge in [0.05, 0.1) is 11.3 Å².